The van der Waals surface area contributed by atoms with E-state index < -0.39 is 5.41 Å². The summed E-state index contributed by atoms with van der Waals surface area (Å²) in [5, 5.41) is 11.9. The molecule has 4 nitrogen and oxygen atoms in total. The number of amides is 1. The van der Waals surface area contributed by atoms with E-state index in [4.69, 9.17) is 10.00 Å². The van der Waals surface area contributed by atoms with E-state index in [2.05, 4.69) is 25.2 Å². The molecule has 0 radical (unpaired) electrons. The van der Waals surface area contributed by atoms with Gasteiger partial charge in [-0.1, -0.05) is 27.7 Å². The van der Waals surface area contributed by atoms with Crippen molar-refractivity contribution in [1.82, 2.24) is 5.32 Å². The van der Waals surface area contributed by atoms with Crippen molar-refractivity contribution in [2.75, 3.05) is 19.8 Å². The van der Waals surface area contributed by atoms with Crippen molar-refractivity contribution in [3.05, 3.63) is 0 Å². The van der Waals surface area contributed by atoms with E-state index in [1.54, 1.807) is 0 Å². The van der Waals surface area contributed by atoms with Crippen LogP contribution in [0.4, 0.5) is 0 Å². The maximum absolute atomic E-state index is 11.9. The van der Waals surface area contributed by atoms with Crippen molar-refractivity contribution in [1.29, 1.82) is 5.26 Å². The second kappa shape index (κ2) is 8.93. The summed E-state index contributed by atoms with van der Waals surface area (Å²) in [7, 11) is 0. The summed E-state index contributed by atoms with van der Waals surface area (Å²) in [5.74, 6) is 0.452. The van der Waals surface area contributed by atoms with Crippen LogP contribution in [-0.2, 0) is 9.53 Å². The summed E-state index contributed by atoms with van der Waals surface area (Å²) >= 11 is 0. The van der Waals surface area contributed by atoms with Gasteiger partial charge in [0.1, 0.15) is 5.41 Å². The first-order valence-corrected chi connectivity index (χ1v) is 6.79. The molecule has 0 fully saturated rings. The number of nitrogens with zero attached hydrogens (tertiary/aromatic N) is 1. The predicted octanol–water partition coefficient (Wildman–Crippen LogP) is 2.50. The Hall–Kier alpha value is -1.08. The molecule has 0 bridgehead atoms. The van der Waals surface area contributed by atoms with Gasteiger partial charge in [-0.15, -0.1) is 0 Å². The minimum absolute atomic E-state index is 0.178. The van der Waals surface area contributed by atoms with E-state index in [0.717, 1.165) is 13.0 Å². The molecule has 0 saturated heterocycles. The molecule has 0 aliphatic heterocycles. The van der Waals surface area contributed by atoms with Gasteiger partial charge in [-0.25, -0.2) is 0 Å². The highest BCUT2D eigenvalue weighted by Gasteiger charge is 2.34. The van der Waals surface area contributed by atoms with Gasteiger partial charge in [-0.2, -0.15) is 5.26 Å². The van der Waals surface area contributed by atoms with Crippen molar-refractivity contribution in [2.45, 2.75) is 47.0 Å². The Morgan fingerprint density at radius 1 is 1.33 bits per heavy atom. The van der Waals surface area contributed by atoms with Gasteiger partial charge >= 0.3 is 0 Å². The first-order valence-electron chi connectivity index (χ1n) is 6.79. The number of hydrogen-bond acceptors (Lipinski definition) is 3. The smallest absolute Gasteiger partial charge is 0.240 e. The lowest BCUT2D eigenvalue weighted by Gasteiger charge is -2.22. The summed E-state index contributed by atoms with van der Waals surface area (Å²) in [4.78, 5) is 11.9. The zero-order valence-electron chi connectivity index (χ0n) is 12.1. The maximum atomic E-state index is 11.9. The van der Waals surface area contributed by atoms with Gasteiger partial charge in [0, 0.05) is 13.2 Å². The average Bonchev–Trinajstić information content (AvgIpc) is 2.36. The van der Waals surface area contributed by atoms with Crippen LogP contribution in [0.15, 0.2) is 0 Å². The van der Waals surface area contributed by atoms with Crippen LogP contribution in [0.2, 0.25) is 0 Å². The Morgan fingerprint density at radius 2 is 1.94 bits per heavy atom. The van der Waals surface area contributed by atoms with Crippen LogP contribution < -0.4 is 5.32 Å². The van der Waals surface area contributed by atoms with Gasteiger partial charge in [-0.05, 0) is 25.2 Å². The topological polar surface area (TPSA) is 62.1 Å². The first kappa shape index (κ1) is 16.9. The molecule has 1 amide bonds. The molecule has 0 aromatic heterocycles. The number of nitriles is 1. The molecule has 0 atom stereocenters. The van der Waals surface area contributed by atoms with Crippen LogP contribution in [0.3, 0.4) is 0 Å². The molecule has 0 rings (SSSR count). The number of hydrogen-bond donors (Lipinski definition) is 1. The number of carbonyl (C=O) groups excluding carboxylic acids is 1. The molecule has 18 heavy (non-hydrogen) atoms. The molecule has 104 valence electrons. The monoisotopic (exact) mass is 254 g/mol. The molecule has 0 unspecified atom stereocenters. The molecule has 0 spiro atoms. The molecule has 0 aromatic carbocycles. The van der Waals surface area contributed by atoms with E-state index in [9.17, 15) is 4.79 Å². The number of rotatable bonds is 9. The minimum Gasteiger partial charge on any atom is -0.380 e. The third-order valence-corrected chi connectivity index (χ3v) is 3.23. The molecule has 4 heteroatoms. The van der Waals surface area contributed by atoms with Crippen molar-refractivity contribution in [2.24, 2.45) is 11.3 Å². The van der Waals surface area contributed by atoms with E-state index >= 15 is 0 Å². The third-order valence-electron chi connectivity index (χ3n) is 3.23. The number of carbonyl (C=O) groups is 1. The Kier molecular flexibility index (Phi) is 8.40. The fourth-order valence-electron chi connectivity index (χ4n) is 1.61. The SMILES string of the molecule is CCC(C#N)(CC)C(=O)NCCOCCC(C)C. The van der Waals surface area contributed by atoms with E-state index in [0.29, 0.717) is 31.9 Å². The van der Waals surface area contributed by atoms with Crippen molar-refractivity contribution < 1.29 is 9.53 Å². The van der Waals surface area contributed by atoms with Crippen LogP contribution in [-0.4, -0.2) is 25.7 Å². The zero-order valence-corrected chi connectivity index (χ0v) is 12.1. The Bertz CT molecular complexity index is 278. The van der Waals surface area contributed by atoms with Crippen LogP contribution in [0.25, 0.3) is 0 Å². The molecule has 0 aliphatic carbocycles. The largest absolute Gasteiger partial charge is 0.380 e. The fourth-order valence-corrected chi connectivity index (χ4v) is 1.61. The molecule has 0 aliphatic rings. The maximum Gasteiger partial charge on any atom is 0.240 e. The lowest BCUT2D eigenvalue weighted by Crippen LogP contribution is -2.40. The standard InChI is InChI=1S/C14H26N2O2/c1-5-14(6-2,11-15)13(17)16-8-10-18-9-7-12(3)4/h12H,5-10H2,1-4H3,(H,16,17). The predicted molar refractivity (Wildman–Crippen MR) is 71.9 cm³/mol. The Labute approximate surface area is 111 Å². The summed E-state index contributed by atoms with van der Waals surface area (Å²) in [6.07, 6.45) is 2.11. The summed E-state index contributed by atoms with van der Waals surface area (Å²) in [5.41, 5.74) is -0.877. The van der Waals surface area contributed by atoms with Gasteiger partial charge in [0.15, 0.2) is 0 Å². The fraction of sp³-hybridized carbons (Fsp3) is 0.857. The van der Waals surface area contributed by atoms with E-state index in [1.807, 2.05) is 13.8 Å². The summed E-state index contributed by atoms with van der Waals surface area (Å²) in [6, 6.07) is 2.13. The van der Waals surface area contributed by atoms with Crippen molar-refractivity contribution >= 4 is 5.91 Å². The zero-order chi connectivity index (χ0) is 14.0. The van der Waals surface area contributed by atoms with E-state index in [1.165, 1.54) is 0 Å². The third kappa shape index (κ3) is 5.50. The van der Waals surface area contributed by atoms with Crippen LogP contribution in [0, 0.1) is 22.7 Å². The van der Waals surface area contributed by atoms with Crippen LogP contribution in [0.5, 0.6) is 0 Å². The molecular weight excluding hydrogens is 228 g/mol. The summed E-state index contributed by atoms with van der Waals surface area (Å²) < 4.78 is 5.41. The van der Waals surface area contributed by atoms with Gasteiger partial charge in [0.25, 0.3) is 0 Å². The normalized spacial score (nSPS) is 11.3. The van der Waals surface area contributed by atoms with Gasteiger partial charge < -0.3 is 10.1 Å². The Morgan fingerprint density at radius 3 is 2.39 bits per heavy atom. The quantitative estimate of drug-likeness (QED) is 0.643. The second-order valence-electron chi connectivity index (χ2n) is 4.95. The van der Waals surface area contributed by atoms with Gasteiger partial charge in [0.2, 0.25) is 5.91 Å². The molecule has 0 heterocycles. The average molecular weight is 254 g/mol. The molecular formula is C14H26N2O2. The number of ether oxygens (including phenoxy) is 1. The van der Waals surface area contributed by atoms with Gasteiger partial charge in [-0.3, -0.25) is 4.79 Å². The summed E-state index contributed by atoms with van der Waals surface area (Å²) in [6.45, 7) is 9.73. The highest BCUT2D eigenvalue weighted by Crippen LogP contribution is 2.25. The van der Waals surface area contributed by atoms with Crippen LogP contribution >= 0.6 is 0 Å². The van der Waals surface area contributed by atoms with Crippen molar-refractivity contribution in [3.63, 3.8) is 0 Å². The van der Waals surface area contributed by atoms with Crippen molar-refractivity contribution in [3.8, 4) is 6.07 Å². The lowest BCUT2D eigenvalue weighted by atomic mass is 9.83. The first-order chi connectivity index (χ1) is 8.52. The highest BCUT2D eigenvalue weighted by molar-refractivity contribution is 5.85. The lowest BCUT2D eigenvalue weighted by molar-refractivity contribution is -0.128. The molecule has 0 aromatic rings. The Balaban J connectivity index is 3.87. The molecule has 0 saturated carbocycles. The number of nitrogens with one attached hydrogen (secondary N) is 1. The molecule has 1 N–H and O–H groups in total. The second-order valence-corrected chi connectivity index (χ2v) is 4.95. The minimum atomic E-state index is -0.877. The van der Waals surface area contributed by atoms with E-state index in [-0.39, 0.29) is 5.91 Å². The van der Waals surface area contributed by atoms with Gasteiger partial charge in [0.05, 0.1) is 12.7 Å². The van der Waals surface area contributed by atoms with Crippen LogP contribution in [0.1, 0.15) is 47.0 Å². The highest BCUT2D eigenvalue weighted by atomic mass is 16.5.